The van der Waals surface area contributed by atoms with Crippen LogP contribution in [0.2, 0.25) is 0 Å². The quantitative estimate of drug-likeness (QED) is 0.750. The van der Waals surface area contributed by atoms with Crippen molar-refractivity contribution in [1.29, 1.82) is 0 Å². The Morgan fingerprint density at radius 1 is 1.17 bits per heavy atom. The van der Waals surface area contributed by atoms with Gasteiger partial charge in [0.15, 0.2) is 5.65 Å². The van der Waals surface area contributed by atoms with Crippen LogP contribution < -0.4 is 5.32 Å². The molecule has 0 fully saturated rings. The van der Waals surface area contributed by atoms with Crippen molar-refractivity contribution in [2.45, 2.75) is 13.5 Å². The minimum atomic E-state index is 0.636. The molecule has 0 aliphatic heterocycles. The number of anilines is 1. The fourth-order valence-electron chi connectivity index (χ4n) is 1.74. The van der Waals surface area contributed by atoms with E-state index in [-0.39, 0.29) is 0 Å². The Morgan fingerprint density at radius 3 is 2.94 bits per heavy atom. The predicted molar refractivity (Wildman–Crippen MR) is 67.1 cm³/mol. The number of nitrogens with one attached hydrogen (secondary N) is 1. The smallest absolute Gasteiger partial charge is 0.200 e. The monoisotopic (exact) mass is 240 g/mol. The maximum absolute atomic E-state index is 4.25. The Morgan fingerprint density at radius 2 is 2.06 bits per heavy atom. The maximum atomic E-state index is 4.25. The molecule has 0 bridgehead atoms. The van der Waals surface area contributed by atoms with E-state index in [0.717, 1.165) is 12.4 Å². The molecule has 0 unspecified atom stereocenters. The number of rotatable bonds is 3. The van der Waals surface area contributed by atoms with Gasteiger partial charge < -0.3 is 5.32 Å². The van der Waals surface area contributed by atoms with E-state index in [1.165, 1.54) is 15.8 Å². The third-order valence-corrected chi connectivity index (χ3v) is 2.79. The van der Waals surface area contributed by atoms with Gasteiger partial charge in [-0.05, 0) is 40.6 Å². The second-order valence-electron chi connectivity index (χ2n) is 4.03. The molecule has 1 aromatic carbocycles. The van der Waals surface area contributed by atoms with Gasteiger partial charge in [0.2, 0.25) is 0 Å². The zero-order valence-corrected chi connectivity index (χ0v) is 9.91. The topological polar surface area (TPSA) is 68.0 Å². The van der Waals surface area contributed by atoms with Gasteiger partial charge in [-0.3, -0.25) is 0 Å². The average Bonchev–Trinajstić information content (AvgIpc) is 2.85. The van der Waals surface area contributed by atoms with Crippen LogP contribution in [0.4, 0.5) is 5.82 Å². The summed E-state index contributed by atoms with van der Waals surface area (Å²) in [5.74, 6) is 0.748. The zero-order chi connectivity index (χ0) is 12.4. The van der Waals surface area contributed by atoms with Gasteiger partial charge in [-0.1, -0.05) is 24.3 Å². The molecular formula is C12H12N6. The summed E-state index contributed by atoms with van der Waals surface area (Å²) in [5.41, 5.74) is 3.14. The summed E-state index contributed by atoms with van der Waals surface area (Å²) in [5, 5.41) is 18.6. The van der Waals surface area contributed by atoms with E-state index in [0.29, 0.717) is 5.65 Å². The number of hydrogen-bond donors (Lipinski definition) is 1. The minimum Gasteiger partial charge on any atom is -0.364 e. The van der Waals surface area contributed by atoms with Crippen molar-refractivity contribution >= 4 is 11.5 Å². The second kappa shape index (κ2) is 4.40. The van der Waals surface area contributed by atoms with E-state index in [1.54, 1.807) is 0 Å². The number of tetrazole rings is 1. The van der Waals surface area contributed by atoms with Crippen LogP contribution >= 0.6 is 0 Å². The van der Waals surface area contributed by atoms with Crippen molar-refractivity contribution in [3.05, 3.63) is 47.5 Å². The highest BCUT2D eigenvalue weighted by molar-refractivity contribution is 5.43. The van der Waals surface area contributed by atoms with Gasteiger partial charge >= 0.3 is 0 Å². The van der Waals surface area contributed by atoms with Crippen molar-refractivity contribution in [1.82, 2.24) is 25.3 Å². The lowest BCUT2D eigenvalue weighted by Crippen LogP contribution is -2.05. The van der Waals surface area contributed by atoms with Gasteiger partial charge in [-0.2, -0.15) is 0 Å². The first-order valence-electron chi connectivity index (χ1n) is 5.67. The first kappa shape index (κ1) is 10.6. The molecule has 90 valence electrons. The molecule has 0 amide bonds. The van der Waals surface area contributed by atoms with E-state index in [9.17, 15) is 0 Å². The molecule has 6 nitrogen and oxygen atoms in total. The van der Waals surface area contributed by atoms with Crippen LogP contribution in [0.1, 0.15) is 11.1 Å². The van der Waals surface area contributed by atoms with E-state index in [2.05, 4.69) is 45.0 Å². The second-order valence-corrected chi connectivity index (χ2v) is 4.03. The van der Waals surface area contributed by atoms with Crippen LogP contribution in [0.5, 0.6) is 0 Å². The van der Waals surface area contributed by atoms with Gasteiger partial charge in [-0.25, -0.2) is 0 Å². The van der Waals surface area contributed by atoms with Crippen LogP contribution in [0.3, 0.4) is 0 Å². The minimum absolute atomic E-state index is 0.636. The van der Waals surface area contributed by atoms with Crippen LogP contribution in [0, 0.1) is 6.92 Å². The van der Waals surface area contributed by atoms with Crippen LogP contribution in [-0.4, -0.2) is 25.3 Å². The largest absolute Gasteiger partial charge is 0.364 e. The number of hydrogen-bond acceptors (Lipinski definition) is 5. The van der Waals surface area contributed by atoms with Crippen molar-refractivity contribution in [3.63, 3.8) is 0 Å². The SMILES string of the molecule is Cc1ccccc1CNc1ccc2nnnn2n1. The summed E-state index contributed by atoms with van der Waals surface area (Å²) in [6, 6.07) is 11.9. The lowest BCUT2D eigenvalue weighted by molar-refractivity contribution is 0.734. The molecule has 0 aliphatic carbocycles. The number of nitrogens with zero attached hydrogens (tertiary/aromatic N) is 5. The standard InChI is InChI=1S/C12H12N6/c1-9-4-2-3-5-10(9)8-13-11-6-7-12-14-16-17-18(12)15-11/h2-7H,8H2,1H3,(H,13,15). The lowest BCUT2D eigenvalue weighted by Gasteiger charge is -2.07. The third kappa shape index (κ3) is 2.00. The highest BCUT2D eigenvalue weighted by Gasteiger charge is 2.01. The summed E-state index contributed by atoms with van der Waals surface area (Å²) in [7, 11) is 0. The van der Waals surface area contributed by atoms with Crippen LogP contribution in [0.25, 0.3) is 5.65 Å². The number of aromatic nitrogens is 5. The average molecular weight is 240 g/mol. The van der Waals surface area contributed by atoms with Gasteiger partial charge in [-0.15, -0.1) is 14.8 Å². The Labute approximate surface area is 104 Å². The predicted octanol–water partition coefficient (Wildman–Crippen LogP) is 1.44. The molecule has 0 radical (unpaired) electrons. The molecular weight excluding hydrogens is 228 g/mol. The van der Waals surface area contributed by atoms with E-state index < -0.39 is 0 Å². The molecule has 3 aromatic rings. The van der Waals surface area contributed by atoms with Gasteiger partial charge in [0.25, 0.3) is 0 Å². The molecule has 0 aliphatic rings. The van der Waals surface area contributed by atoms with Crippen molar-refractivity contribution in [3.8, 4) is 0 Å². The molecule has 2 heterocycles. The first-order valence-corrected chi connectivity index (χ1v) is 5.67. The first-order chi connectivity index (χ1) is 8.83. The van der Waals surface area contributed by atoms with Gasteiger partial charge in [0.05, 0.1) is 0 Å². The fraction of sp³-hybridized carbons (Fsp3) is 0.167. The van der Waals surface area contributed by atoms with Gasteiger partial charge in [0.1, 0.15) is 5.82 Å². The molecule has 2 aromatic heterocycles. The van der Waals surface area contributed by atoms with Crippen molar-refractivity contribution < 1.29 is 0 Å². The Hall–Kier alpha value is -2.50. The summed E-state index contributed by atoms with van der Waals surface area (Å²) >= 11 is 0. The van der Waals surface area contributed by atoms with Crippen molar-refractivity contribution in [2.24, 2.45) is 0 Å². The molecule has 1 N–H and O–H groups in total. The summed E-state index contributed by atoms with van der Waals surface area (Å²) in [6.45, 7) is 2.82. The molecule has 0 spiro atoms. The number of benzene rings is 1. The number of aryl methyl sites for hydroxylation is 1. The van der Waals surface area contributed by atoms with E-state index >= 15 is 0 Å². The van der Waals surface area contributed by atoms with E-state index in [4.69, 9.17) is 0 Å². The summed E-state index contributed by atoms with van der Waals surface area (Å²) in [4.78, 5) is 0. The molecule has 0 saturated carbocycles. The fourth-order valence-corrected chi connectivity index (χ4v) is 1.74. The van der Waals surface area contributed by atoms with Crippen LogP contribution in [-0.2, 0) is 6.54 Å². The molecule has 18 heavy (non-hydrogen) atoms. The molecule has 3 rings (SSSR count). The normalized spacial score (nSPS) is 10.7. The Bertz CT molecular complexity index is 675. The highest BCUT2D eigenvalue weighted by Crippen LogP contribution is 2.10. The molecule has 0 saturated heterocycles. The molecule has 6 heteroatoms. The van der Waals surface area contributed by atoms with Crippen molar-refractivity contribution in [2.75, 3.05) is 5.32 Å². The number of fused-ring (bicyclic) bond motifs is 1. The maximum Gasteiger partial charge on any atom is 0.200 e. The van der Waals surface area contributed by atoms with Gasteiger partial charge in [0, 0.05) is 6.54 Å². The third-order valence-electron chi connectivity index (χ3n) is 2.79. The summed E-state index contributed by atoms with van der Waals surface area (Å²) < 4.78 is 1.40. The summed E-state index contributed by atoms with van der Waals surface area (Å²) in [6.07, 6.45) is 0. The van der Waals surface area contributed by atoms with Crippen LogP contribution in [0.15, 0.2) is 36.4 Å². The zero-order valence-electron chi connectivity index (χ0n) is 9.91. The molecule has 0 atom stereocenters. The Kier molecular flexibility index (Phi) is 2.60. The van der Waals surface area contributed by atoms with E-state index in [1.807, 2.05) is 24.3 Å². The lowest BCUT2D eigenvalue weighted by atomic mass is 10.1. The highest BCUT2D eigenvalue weighted by atomic mass is 15.6. The Balaban J connectivity index is 1.78.